The van der Waals surface area contributed by atoms with Crippen LogP contribution in [0.1, 0.15) is 74.6 Å². The Morgan fingerprint density at radius 3 is 1.33 bits per heavy atom. The lowest BCUT2D eigenvalue weighted by Gasteiger charge is -2.44. The van der Waals surface area contributed by atoms with Crippen LogP contribution in [-0.4, -0.2) is 165 Å². The molecule has 4 aromatic rings. The lowest BCUT2D eigenvalue weighted by Crippen LogP contribution is -2.59. The predicted molar refractivity (Wildman–Crippen MR) is 309 cm³/mol. The molecule has 468 valence electrons. The maximum Gasteiger partial charge on any atom is 0.410 e. The van der Waals surface area contributed by atoms with Crippen LogP contribution in [0, 0.1) is 0 Å². The van der Waals surface area contributed by atoms with E-state index in [1.807, 2.05) is 121 Å². The summed E-state index contributed by atoms with van der Waals surface area (Å²) in [4.78, 5) is 64.4. The minimum absolute atomic E-state index is 0.0669. The number of hydrogen-bond acceptors (Lipinski definition) is 20. The Kier molecular flexibility index (Phi) is 25.8. The first-order valence-electron chi connectivity index (χ1n) is 28.4. The van der Waals surface area contributed by atoms with Crippen molar-refractivity contribution in [2.75, 3.05) is 13.1 Å². The molecule has 30 nitrogen and oxygen atoms in total. The van der Waals surface area contributed by atoms with Crippen molar-refractivity contribution in [3.8, 4) is 0 Å². The molecule has 2 heterocycles. The van der Waals surface area contributed by atoms with Crippen LogP contribution < -0.4 is 0 Å². The zero-order chi connectivity index (χ0) is 63.0. The SMILES string of the molecule is CC(=O)O[C@@H]1[C@@H](O)[C@H](O[C@H]2O[C@H](CN(Cc3ccccc3)C(=O)OCc3ccccc3)CC[C@H]2OC(C)=O)[C@@H](N=[N+]=[N-])C[C@H]1N=[N+]=[N-].[N-]=[N+]=N[C@H]1C[C@@H](N=[N+]=[N-])[C@H](O)[C@@H](O)[C@@H]1O[C@H]1O[C@H](CN(Cc2ccccc2)C(=O)OCc2ccccc2)CC[C@H]1O. The third kappa shape index (κ3) is 19.6. The summed E-state index contributed by atoms with van der Waals surface area (Å²) in [6.45, 7) is 3.21. The number of carbonyl (C=O) groups excluding carboxylic acids is 4. The zero-order valence-corrected chi connectivity index (χ0v) is 48.2. The van der Waals surface area contributed by atoms with Crippen molar-refractivity contribution in [3.05, 3.63) is 185 Å². The number of aliphatic hydroxyl groups is 4. The summed E-state index contributed by atoms with van der Waals surface area (Å²) in [5.41, 5.74) is 39.5. The fraction of sp³-hybridized carbons (Fsp3) is 0.517. The summed E-state index contributed by atoms with van der Waals surface area (Å²) in [6.07, 6.45) is -14.2. The van der Waals surface area contributed by atoms with Crippen molar-refractivity contribution in [2.45, 2.75) is 176 Å². The lowest BCUT2D eigenvalue weighted by molar-refractivity contribution is -0.284. The molecular formula is C58H70N14O16. The molecule has 2 saturated heterocycles. The molecule has 4 fully saturated rings. The molecule has 4 N–H and O–H groups in total. The molecule has 30 heteroatoms. The van der Waals surface area contributed by atoms with E-state index in [9.17, 15) is 45.1 Å². The van der Waals surface area contributed by atoms with Crippen molar-refractivity contribution >= 4 is 24.1 Å². The second-order valence-corrected chi connectivity index (χ2v) is 21.2. The maximum atomic E-state index is 13.4. The van der Waals surface area contributed by atoms with E-state index < -0.39 is 122 Å². The quantitative estimate of drug-likeness (QED) is 0.0189. The third-order valence-electron chi connectivity index (χ3n) is 14.9. The number of nitrogens with zero attached hydrogens (tertiary/aromatic N) is 14. The predicted octanol–water partition coefficient (Wildman–Crippen LogP) is 8.26. The highest BCUT2D eigenvalue weighted by molar-refractivity contribution is 5.68. The van der Waals surface area contributed by atoms with E-state index in [0.29, 0.717) is 12.8 Å². The standard InChI is InChI=1S/C31H37N7O9.C27H33N7O7/c1-19(39)44-26-14-13-23(17-38(16-21-9-5-3-6-10-21)31(42)43-18-22-11-7-4-8-12-22)46-30(26)47-29-25(35-37-33)15-24(34-36-32)28(27(29)41)45-20(2)40;28-32-30-20-13-21(31-33-29)25(24(37)23(20)36)41-26-22(35)12-11-19(40-26)15-34(14-17-7-3-1-4-8-17)27(38)39-16-18-9-5-2-6-10-18/h3-12,23-30,41H,13-18H2,1-2H3;1-10,19-26,35-37H,11-16H2/t23-,24+,25-,26+,27+,28-,29+,30+;19-,20+,21-,22+,23-,24+,25+,26+/m00/s1. The van der Waals surface area contributed by atoms with Gasteiger partial charge in [0, 0.05) is 46.6 Å². The number of aliphatic hydroxyl groups excluding tert-OH is 4. The smallest absolute Gasteiger partial charge is 0.410 e. The molecule has 4 aromatic carbocycles. The van der Waals surface area contributed by atoms with Crippen molar-refractivity contribution < 1.29 is 77.5 Å². The van der Waals surface area contributed by atoms with Crippen LogP contribution in [0.15, 0.2) is 142 Å². The molecule has 0 spiro atoms. The summed E-state index contributed by atoms with van der Waals surface area (Å²) >= 11 is 0. The number of carbonyl (C=O) groups is 4. The highest BCUT2D eigenvalue weighted by Gasteiger charge is 2.50. The molecule has 0 aromatic heterocycles. The fourth-order valence-corrected chi connectivity index (χ4v) is 10.7. The van der Waals surface area contributed by atoms with Gasteiger partial charge in [-0.05, 0) is 82.9 Å². The van der Waals surface area contributed by atoms with Crippen molar-refractivity contribution in [3.63, 3.8) is 0 Å². The summed E-state index contributed by atoms with van der Waals surface area (Å²) in [5, 5.41) is 57.5. The lowest BCUT2D eigenvalue weighted by atomic mass is 9.84. The molecule has 88 heavy (non-hydrogen) atoms. The van der Waals surface area contributed by atoms with Gasteiger partial charge in [-0.15, -0.1) is 0 Å². The molecule has 2 saturated carbocycles. The van der Waals surface area contributed by atoms with E-state index in [0.717, 1.165) is 29.2 Å². The molecule has 0 unspecified atom stereocenters. The molecular weight excluding hydrogens is 1150 g/mol. The minimum Gasteiger partial charge on any atom is -0.459 e. The van der Waals surface area contributed by atoms with Crippen LogP contribution in [0.25, 0.3) is 41.8 Å². The number of esters is 2. The van der Waals surface area contributed by atoms with E-state index >= 15 is 0 Å². The molecule has 2 amide bonds. The minimum atomic E-state index is -1.61. The van der Waals surface area contributed by atoms with Crippen LogP contribution >= 0.6 is 0 Å². The Morgan fingerprint density at radius 1 is 0.489 bits per heavy atom. The van der Waals surface area contributed by atoms with Gasteiger partial charge in [-0.25, -0.2) is 9.59 Å². The van der Waals surface area contributed by atoms with E-state index in [4.69, 9.17) is 54.5 Å². The average Bonchev–Trinajstić information content (AvgIpc) is 2.62. The van der Waals surface area contributed by atoms with E-state index in [1.165, 1.54) is 16.7 Å². The normalized spacial score (nSPS) is 28.1. The average molecular weight is 1220 g/mol. The largest absolute Gasteiger partial charge is 0.459 e. The molecule has 0 radical (unpaired) electrons. The van der Waals surface area contributed by atoms with Gasteiger partial charge in [-0.3, -0.25) is 9.59 Å². The molecule has 16 atom stereocenters. The van der Waals surface area contributed by atoms with Gasteiger partial charge in [0.05, 0.1) is 67.8 Å². The van der Waals surface area contributed by atoms with Crippen molar-refractivity contribution in [1.82, 2.24) is 9.80 Å². The van der Waals surface area contributed by atoms with E-state index in [2.05, 4.69) is 40.1 Å². The van der Waals surface area contributed by atoms with Gasteiger partial charge in [0.15, 0.2) is 18.7 Å². The second-order valence-electron chi connectivity index (χ2n) is 21.2. The number of hydrogen-bond donors (Lipinski definition) is 4. The molecule has 4 aliphatic rings. The summed E-state index contributed by atoms with van der Waals surface area (Å²) in [5.74, 6) is -1.34. The van der Waals surface area contributed by atoms with Gasteiger partial charge in [0.25, 0.3) is 0 Å². The fourth-order valence-electron chi connectivity index (χ4n) is 10.7. The van der Waals surface area contributed by atoms with E-state index in [1.54, 1.807) is 0 Å². The topological polar surface area (TPSA) is 425 Å². The first kappa shape index (κ1) is 66.8. The Balaban J connectivity index is 0.000000253. The molecule has 8 rings (SSSR count). The van der Waals surface area contributed by atoms with Crippen LogP contribution in [0.4, 0.5) is 9.59 Å². The number of rotatable bonds is 22. The monoisotopic (exact) mass is 1220 g/mol. The van der Waals surface area contributed by atoms with Gasteiger partial charge in [0.1, 0.15) is 37.6 Å². The third-order valence-corrected chi connectivity index (χ3v) is 14.9. The Morgan fingerprint density at radius 2 is 0.875 bits per heavy atom. The summed E-state index contributed by atoms with van der Waals surface area (Å²) in [6, 6.07) is 33.2. The number of amides is 2. The van der Waals surface area contributed by atoms with Crippen LogP contribution in [-0.2, 0) is 73.8 Å². The summed E-state index contributed by atoms with van der Waals surface area (Å²) in [7, 11) is 0. The van der Waals surface area contributed by atoms with Gasteiger partial charge in [-0.1, -0.05) is 142 Å². The van der Waals surface area contributed by atoms with Crippen LogP contribution in [0.5, 0.6) is 0 Å². The molecule has 2 aliphatic carbocycles. The number of benzene rings is 4. The highest BCUT2D eigenvalue weighted by Crippen LogP contribution is 2.35. The Labute approximate surface area is 505 Å². The van der Waals surface area contributed by atoms with Crippen molar-refractivity contribution in [1.29, 1.82) is 0 Å². The first-order chi connectivity index (χ1) is 42.6. The number of ether oxygens (including phenoxy) is 8. The highest BCUT2D eigenvalue weighted by atomic mass is 16.7. The van der Waals surface area contributed by atoms with Gasteiger partial charge in [-0.2, -0.15) is 0 Å². The van der Waals surface area contributed by atoms with Gasteiger partial charge >= 0.3 is 24.1 Å². The molecule has 0 bridgehead atoms. The Bertz CT molecular complexity index is 3090. The zero-order valence-electron chi connectivity index (χ0n) is 48.2. The first-order valence-corrected chi connectivity index (χ1v) is 28.4. The second kappa shape index (κ2) is 34.0. The van der Waals surface area contributed by atoms with Gasteiger partial charge in [0.2, 0.25) is 0 Å². The van der Waals surface area contributed by atoms with Gasteiger partial charge < -0.3 is 68.1 Å². The van der Waals surface area contributed by atoms with Crippen LogP contribution in [0.2, 0.25) is 0 Å². The molecule has 2 aliphatic heterocycles. The van der Waals surface area contributed by atoms with Crippen LogP contribution in [0.3, 0.4) is 0 Å². The maximum absolute atomic E-state index is 13.4. The number of azide groups is 4. The van der Waals surface area contributed by atoms with E-state index in [-0.39, 0.29) is 65.1 Å². The summed E-state index contributed by atoms with van der Waals surface area (Å²) < 4.78 is 46.3. The Hall–Kier alpha value is -8.72. The van der Waals surface area contributed by atoms with Crippen molar-refractivity contribution in [2.24, 2.45) is 20.5 Å².